The van der Waals surface area contributed by atoms with Crippen LogP contribution in [0.25, 0.3) is 10.1 Å². The van der Waals surface area contributed by atoms with Gasteiger partial charge in [0.25, 0.3) is 0 Å². The van der Waals surface area contributed by atoms with Gasteiger partial charge in [0, 0.05) is 0 Å². The van der Waals surface area contributed by atoms with Gasteiger partial charge >= 0.3 is 235 Å². The molecule has 1 aliphatic rings. The van der Waals surface area contributed by atoms with Crippen LogP contribution in [-0.2, 0) is 12.7 Å². The standard InChI is InChI=1S/C25H22AsClFN2O6PS2/c27-6-10-35-23-15-24-19(12-22(23)36-11-9-30-7-2-1-3-8-30)13-25(38-24)39(33,34)26-17-37(31,32)20-5-4-18(16-29)21(28)14-20/h1-5,12-15,26H,6-7,9-11,17H2. The molecule has 14 heteroatoms. The number of thiophene rings is 1. The van der Waals surface area contributed by atoms with Crippen LogP contribution < -0.4 is 19.7 Å². The summed E-state index contributed by atoms with van der Waals surface area (Å²) in [6.45, 7) is 1.88. The maximum atomic E-state index is 13.9. The monoisotopic (exact) mass is 670 g/mol. The van der Waals surface area contributed by atoms with Crippen molar-refractivity contribution in [3.8, 4) is 17.6 Å². The fourth-order valence-electron chi connectivity index (χ4n) is 3.55. The van der Waals surface area contributed by atoms with Crippen LogP contribution in [0.5, 0.6) is 11.5 Å². The molecule has 0 bridgehead atoms. The third kappa shape index (κ3) is 7.42. The Morgan fingerprint density at radius 3 is 2.69 bits per heavy atom. The number of rotatable bonds is 12. The molecule has 2 aromatic carbocycles. The summed E-state index contributed by atoms with van der Waals surface area (Å²) in [5, 5.41) is 9.13. The van der Waals surface area contributed by atoms with E-state index in [1.807, 2.05) is 23.1 Å². The molecule has 0 spiro atoms. The van der Waals surface area contributed by atoms with Gasteiger partial charge in [-0.1, -0.05) is 0 Å². The van der Waals surface area contributed by atoms with E-state index in [0.29, 0.717) is 34.7 Å². The molecule has 2 heterocycles. The van der Waals surface area contributed by atoms with E-state index < -0.39 is 40.8 Å². The topological polar surface area (TPSA) is 120 Å². The zero-order chi connectivity index (χ0) is 28.0. The quantitative estimate of drug-likeness (QED) is 0.125. The van der Waals surface area contributed by atoms with E-state index in [0.717, 1.165) is 36.1 Å². The number of halogens is 2. The number of nitrogens with zero attached hydrogens (tertiary/aromatic N) is 2. The number of alkyl halides is 1. The molecule has 204 valence electrons. The van der Waals surface area contributed by atoms with Crippen LogP contribution in [0.3, 0.4) is 0 Å². The second kappa shape index (κ2) is 12.8. The molecule has 0 N–H and O–H groups in total. The summed E-state index contributed by atoms with van der Waals surface area (Å²) in [6.07, 6.45) is 8.83. The molecule has 0 saturated heterocycles. The van der Waals surface area contributed by atoms with Crippen LogP contribution in [0.1, 0.15) is 5.56 Å². The zero-order valence-corrected chi connectivity index (χ0v) is 25.7. The number of fused-ring (bicyclic) bond motifs is 1. The Bertz CT molecular complexity index is 1620. The number of nitriles is 1. The van der Waals surface area contributed by atoms with Crippen LogP contribution in [-0.4, -0.2) is 65.0 Å². The van der Waals surface area contributed by atoms with Gasteiger partial charge in [-0.05, 0) is 0 Å². The minimum absolute atomic E-state index is 0.0452. The summed E-state index contributed by atoms with van der Waals surface area (Å²) in [4.78, 5) is 14.1. The summed E-state index contributed by atoms with van der Waals surface area (Å²) < 4.78 is 65.3. The van der Waals surface area contributed by atoms with Gasteiger partial charge in [-0.3, -0.25) is 0 Å². The normalized spacial score (nSPS) is 14.9. The van der Waals surface area contributed by atoms with Gasteiger partial charge in [0.1, 0.15) is 0 Å². The van der Waals surface area contributed by atoms with E-state index in [-0.39, 0.29) is 27.6 Å². The molecule has 2 unspecified atom stereocenters. The first-order valence-electron chi connectivity index (χ1n) is 11.5. The van der Waals surface area contributed by atoms with Crippen LogP contribution >= 0.6 is 30.3 Å². The van der Waals surface area contributed by atoms with E-state index in [2.05, 4.69) is 6.20 Å². The Labute approximate surface area is 240 Å². The molecule has 2 atom stereocenters. The molecule has 0 amide bonds. The Hall–Kier alpha value is -2.40. The predicted octanol–water partition coefficient (Wildman–Crippen LogP) is 3.14. The molecule has 39 heavy (non-hydrogen) atoms. The molecule has 1 aromatic heterocycles. The third-order valence-electron chi connectivity index (χ3n) is 5.52. The number of allylic oxidation sites excluding steroid dienone is 2. The molecule has 0 saturated carbocycles. The molecule has 1 aliphatic heterocycles. The van der Waals surface area contributed by atoms with Crippen molar-refractivity contribution in [1.29, 1.82) is 5.26 Å². The zero-order valence-electron chi connectivity index (χ0n) is 20.3. The Balaban J connectivity index is 1.51. The summed E-state index contributed by atoms with van der Waals surface area (Å²) in [5.74, 6) is 0.153. The van der Waals surface area contributed by atoms with Gasteiger partial charge in [-0.15, -0.1) is 0 Å². The fraction of sp³-hybridized carbons (Fsp3) is 0.240. The van der Waals surface area contributed by atoms with E-state index in [1.165, 1.54) is 6.07 Å². The number of hydrogen-bond acceptors (Lipinski definition) is 9. The summed E-state index contributed by atoms with van der Waals surface area (Å²) in [7, 11) is -8.26. The van der Waals surface area contributed by atoms with Crippen LogP contribution in [0.4, 0.5) is 4.39 Å². The van der Waals surface area contributed by atoms with E-state index in [1.54, 1.807) is 18.2 Å². The van der Waals surface area contributed by atoms with Crippen molar-refractivity contribution in [3.05, 3.63) is 72.2 Å². The average molecular weight is 671 g/mol. The Morgan fingerprint density at radius 2 is 2.00 bits per heavy atom. The summed E-state index contributed by atoms with van der Waals surface area (Å²) in [6, 6.07) is 9.45. The molecule has 3 aromatic rings. The van der Waals surface area contributed by atoms with Gasteiger partial charge in [0.05, 0.1) is 6.08 Å². The van der Waals surface area contributed by atoms with E-state index >= 15 is 0 Å². The second-order valence-electron chi connectivity index (χ2n) is 8.21. The fourth-order valence-corrected chi connectivity index (χ4v) is 18.3. The molecule has 0 radical (unpaired) electrons. The first-order valence-corrected chi connectivity index (χ1v) is 20.2. The van der Waals surface area contributed by atoms with E-state index in [4.69, 9.17) is 26.3 Å². The maximum absolute atomic E-state index is 13.9. The molecule has 4 rings (SSSR count). The Kier molecular flexibility index (Phi) is 9.74. The predicted molar refractivity (Wildman–Crippen MR) is 150 cm³/mol. The van der Waals surface area contributed by atoms with Crippen molar-refractivity contribution < 1.29 is 31.7 Å². The van der Waals surface area contributed by atoms with Gasteiger partial charge in [-0.25, -0.2) is 0 Å². The molecular formula is C25H22AsClFN2O6PS2. The van der Waals surface area contributed by atoms with Gasteiger partial charge < -0.3 is 0 Å². The average Bonchev–Trinajstić information content (AvgIpc) is 3.35. The van der Waals surface area contributed by atoms with Gasteiger partial charge in [0.15, 0.2) is 0 Å². The van der Waals surface area contributed by atoms with Crippen molar-refractivity contribution in [2.75, 3.05) is 37.1 Å². The molecule has 0 fully saturated rings. The van der Waals surface area contributed by atoms with Crippen molar-refractivity contribution >= 4 is 68.4 Å². The minimum atomic E-state index is -4.39. The summed E-state index contributed by atoms with van der Waals surface area (Å²) >= 11 is 4.74. The first kappa shape index (κ1) is 29.6. The van der Waals surface area contributed by atoms with Crippen LogP contribution in [0.2, 0.25) is 0 Å². The van der Waals surface area contributed by atoms with Crippen molar-refractivity contribution in [1.82, 2.24) is 4.90 Å². The van der Waals surface area contributed by atoms with Gasteiger partial charge in [0.2, 0.25) is 0 Å². The molecule has 0 aliphatic carbocycles. The van der Waals surface area contributed by atoms with Crippen molar-refractivity contribution in [2.24, 2.45) is 0 Å². The Morgan fingerprint density at radius 1 is 1.23 bits per heavy atom. The number of hydrogen-bond donors (Lipinski definition) is 0. The van der Waals surface area contributed by atoms with E-state index in [9.17, 15) is 22.3 Å². The van der Waals surface area contributed by atoms with Crippen LogP contribution in [0.15, 0.2) is 58.8 Å². The second-order valence-corrected chi connectivity index (χ2v) is 21.0. The molecule has 8 nitrogen and oxygen atoms in total. The third-order valence-corrected chi connectivity index (χ3v) is 20.3. The van der Waals surface area contributed by atoms with Crippen LogP contribution in [0, 0.1) is 23.3 Å². The first-order chi connectivity index (χ1) is 18.6. The number of benzene rings is 2. The van der Waals surface area contributed by atoms with Crippen molar-refractivity contribution in [3.63, 3.8) is 0 Å². The molecular weight excluding hydrogens is 649 g/mol. The summed E-state index contributed by atoms with van der Waals surface area (Å²) in [5.41, 5.74) is -0.288. The van der Waals surface area contributed by atoms with Gasteiger partial charge in [-0.2, -0.15) is 0 Å². The van der Waals surface area contributed by atoms with Crippen molar-refractivity contribution in [2.45, 2.75) is 4.21 Å². The SMILES string of the molecule is N#Cc1ccc(P(=O)([O-])C[AsH]S(=O)(=O)c2cc3cc(OCCN4[C+]=CC=CC4)c(OCCCl)cc3s2)cc1F. The number of ether oxygens (including phenoxy) is 2.